The zero-order valence-electron chi connectivity index (χ0n) is 9.17. The summed E-state index contributed by atoms with van der Waals surface area (Å²) in [7, 11) is 0. The lowest BCUT2D eigenvalue weighted by molar-refractivity contribution is -0.145. The number of carbonyl (C=O) groups is 2. The molecule has 0 radical (unpaired) electrons. The second-order valence-corrected chi connectivity index (χ2v) is 3.51. The summed E-state index contributed by atoms with van der Waals surface area (Å²) in [5.41, 5.74) is 0. The van der Waals surface area contributed by atoms with Crippen molar-refractivity contribution in [2.75, 3.05) is 6.61 Å². The average Bonchev–Trinajstić information content (AvgIpc) is 2.10. The molecule has 3 nitrogen and oxygen atoms in total. The number of rotatable bonds is 8. The molecule has 0 bridgehead atoms. The van der Waals surface area contributed by atoms with E-state index in [2.05, 4.69) is 6.92 Å². The highest BCUT2D eigenvalue weighted by molar-refractivity contribution is 5.94. The maximum absolute atomic E-state index is 10.9. The van der Waals surface area contributed by atoms with Gasteiger partial charge in [-0.3, -0.25) is 9.59 Å². The monoisotopic (exact) mass is 200 g/mol. The standard InChI is InChI=1S/C11H20O3/c1-3-4-5-6-7-8-14-11(13)9-10(2)12/h3-9H2,1-2H3. The highest BCUT2D eigenvalue weighted by Crippen LogP contribution is 2.02. The Morgan fingerprint density at radius 2 is 1.71 bits per heavy atom. The van der Waals surface area contributed by atoms with Gasteiger partial charge in [0, 0.05) is 0 Å². The summed E-state index contributed by atoms with van der Waals surface area (Å²) < 4.78 is 4.87. The van der Waals surface area contributed by atoms with Gasteiger partial charge in [0.15, 0.2) is 0 Å². The minimum Gasteiger partial charge on any atom is -0.465 e. The molecule has 0 aromatic carbocycles. The van der Waals surface area contributed by atoms with E-state index in [9.17, 15) is 9.59 Å². The van der Waals surface area contributed by atoms with Gasteiger partial charge in [0.2, 0.25) is 0 Å². The van der Waals surface area contributed by atoms with E-state index < -0.39 is 5.97 Å². The van der Waals surface area contributed by atoms with Crippen LogP contribution in [0.1, 0.15) is 52.4 Å². The molecule has 0 spiro atoms. The normalized spacial score (nSPS) is 9.86. The Labute approximate surface area is 85.8 Å². The molecule has 0 saturated carbocycles. The maximum atomic E-state index is 10.9. The first-order chi connectivity index (χ1) is 6.66. The zero-order valence-corrected chi connectivity index (χ0v) is 9.17. The first-order valence-corrected chi connectivity index (χ1v) is 5.32. The lowest BCUT2D eigenvalue weighted by Crippen LogP contribution is -2.09. The van der Waals surface area contributed by atoms with Crippen molar-refractivity contribution in [3.8, 4) is 0 Å². The summed E-state index contributed by atoms with van der Waals surface area (Å²) >= 11 is 0. The molecule has 0 fully saturated rings. The van der Waals surface area contributed by atoms with Crippen molar-refractivity contribution < 1.29 is 14.3 Å². The molecule has 0 heterocycles. The van der Waals surface area contributed by atoms with Crippen molar-refractivity contribution in [2.24, 2.45) is 0 Å². The maximum Gasteiger partial charge on any atom is 0.313 e. The van der Waals surface area contributed by atoms with Crippen LogP contribution in [-0.2, 0) is 14.3 Å². The SMILES string of the molecule is CCCCCCCOC(=O)CC(C)=O. The molecular formula is C11H20O3. The molecule has 0 aromatic rings. The van der Waals surface area contributed by atoms with Gasteiger partial charge in [0.1, 0.15) is 12.2 Å². The quantitative estimate of drug-likeness (QED) is 0.343. The molecule has 0 aliphatic heterocycles. The lowest BCUT2D eigenvalue weighted by atomic mass is 10.2. The molecule has 0 aliphatic carbocycles. The van der Waals surface area contributed by atoms with Gasteiger partial charge in [-0.15, -0.1) is 0 Å². The number of esters is 1. The summed E-state index contributed by atoms with van der Waals surface area (Å²) in [5, 5.41) is 0. The van der Waals surface area contributed by atoms with Crippen LogP contribution in [0.5, 0.6) is 0 Å². The second-order valence-electron chi connectivity index (χ2n) is 3.51. The van der Waals surface area contributed by atoms with Crippen molar-refractivity contribution >= 4 is 11.8 Å². The lowest BCUT2D eigenvalue weighted by Gasteiger charge is -2.02. The Hall–Kier alpha value is -0.860. The fraction of sp³-hybridized carbons (Fsp3) is 0.818. The summed E-state index contributed by atoms with van der Waals surface area (Å²) in [6, 6.07) is 0. The molecule has 0 N–H and O–H groups in total. The summed E-state index contributed by atoms with van der Waals surface area (Å²) in [4.78, 5) is 21.4. The summed E-state index contributed by atoms with van der Waals surface area (Å²) in [6.07, 6.45) is 5.56. The third-order valence-electron chi connectivity index (χ3n) is 1.90. The summed E-state index contributed by atoms with van der Waals surface area (Å²) in [6.45, 7) is 4.01. The molecule has 0 saturated heterocycles. The Morgan fingerprint density at radius 1 is 1.07 bits per heavy atom. The Bertz CT molecular complexity index is 175. The minimum atomic E-state index is -0.395. The Morgan fingerprint density at radius 3 is 2.29 bits per heavy atom. The molecule has 0 amide bonds. The predicted molar refractivity (Wildman–Crippen MR) is 55.0 cm³/mol. The summed E-state index contributed by atoms with van der Waals surface area (Å²) in [5.74, 6) is -0.533. The van der Waals surface area contributed by atoms with E-state index in [0.717, 1.165) is 12.8 Å². The molecule has 0 atom stereocenters. The van der Waals surface area contributed by atoms with Crippen molar-refractivity contribution in [3.05, 3.63) is 0 Å². The van der Waals surface area contributed by atoms with Gasteiger partial charge < -0.3 is 4.74 Å². The van der Waals surface area contributed by atoms with Crippen LogP contribution in [0, 0.1) is 0 Å². The van der Waals surface area contributed by atoms with Gasteiger partial charge in [0.05, 0.1) is 6.61 Å². The van der Waals surface area contributed by atoms with E-state index in [0.29, 0.717) is 6.61 Å². The Balaban J connectivity index is 3.19. The Kier molecular flexibility index (Phi) is 8.19. The highest BCUT2D eigenvalue weighted by atomic mass is 16.5. The van der Waals surface area contributed by atoms with E-state index in [1.165, 1.54) is 26.2 Å². The molecule has 0 unspecified atom stereocenters. The van der Waals surface area contributed by atoms with Crippen LogP contribution < -0.4 is 0 Å². The van der Waals surface area contributed by atoms with Gasteiger partial charge in [-0.05, 0) is 13.3 Å². The van der Waals surface area contributed by atoms with E-state index in [-0.39, 0.29) is 12.2 Å². The van der Waals surface area contributed by atoms with Gasteiger partial charge in [-0.2, -0.15) is 0 Å². The number of ketones is 1. The number of ether oxygens (including phenoxy) is 1. The number of hydrogen-bond acceptors (Lipinski definition) is 3. The molecule has 0 aliphatic rings. The number of hydrogen-bond donors (Lipinski definition) is 0. The van der Waals surface area contributed by atoms with Crippen molar-refractivity contribution in [2.45, 2.75) is 52.4 Å². The van der Waals surface area contributed by atoms with Crippen LogP contribution in [0.25, 0.3) is 0 Å². The van der Waals surface area contributed by atoms with Crippen molar-refractivity contribution in [1.82, 2.24) is 0 Å². The van der Waals surface area contributed by atoms with Crippen LogP contribution in [0.4, 0.5) is 0 Å². The first-order valence-electron chi connectivity index (χ1n) is 5.32. The average molecular weight is 200 g/mol. The molecule has 3 heteroatoms. The number of Topliss-reactive ketones (excluding diaryl/α,β-unsaturated/α-hetero) is 1. The number of unbranched alkanes of at least 4 members (excludes halogenated alkanes) is 4. The van der Waals surface area contributed by atoms with E-state index >= 15 is 0 Å². The second kappa shape index (κ2) is 8.73. The molecule has 14 heavy (non-hydrogen) atoms. The largest absolute Gasteiger partial charge is 0.465 e. The van der Waals surface area contributed by atoms with Crippen LogP contribution in [0.15, 0.2) is 0 Å². The van der Waals surface area contributed by atoms with Crippen molar-refractivity contribution in [1.29, 1.82) is 0 Å². The van der Waals surface area contributed by atoms with E-state index in [4.69, 9.17) is 4.74 Å². The van der Waals surface area contributed by atoms with E-state index in [1.54, 1.807) is 0 Å². The van der Waals surface area contributed by atoms with Gasteiger partial charge in [-0.25, -0.2) is 0 Å². The highest BCUT2D eigenvalue weighted by Gasteiger charge is 2.05. The minimum absolute atomic E-state index is 0.0883. The van der Waals surface area contributed by atoms with Gasteiger partial charge >= 0.3 is 5.97 Å². The third kappa shape index (κ3) is 9.23. The molecule has 0 aromatic heterocycles. The van der Waals surface area contributed by atoms with Crippen LogP contribution >= 0.6 is 0 Å². The van der Waals surface area contributed by atoms with Gasteiger partial charge in [-0.1, -0.05) is 32.6 Å². The van der Waals surface area contributed by atoms with Crippen LogP contribution in [0.3, 0.4) is 0 Å². The predicted octanol–water partition coefficient (Wildman–Crippen LogP) is 2.48. The fourth-order valence-electron chi connectivity index (χ4n) is 1.15. The topological polar surface area (TPSA) is 43.4 Å². The van der Waals surface area contributed by atoms with E-state index in [1.807, 2.05) is 0 Å². The van der Waals surface area contributed by atoms with Crippen LogP contribution in [-0.4, -0.2) is 18.4 Å². The first kappa shape index (κ1) is 13.1. The third-order valence-corrected chi connectivity index (χ3v) is 1.90. The molecule has 82 valence electrons. The molecule has 0 rings (SSSR count). The van der Waals surface area contributed by atoms with Crippen LogP contribution in [0.2, 0.25) is 0 Å². The van der Waals surface area contributed by atoms with Crippen molar-refractivity contribution in [3.63, 3.8) is 0 Å². The number of carbonyl (C=O) groups excluding carboxylic acids is 2. The van der Waals surface area contributed by atoms with Gasteiger partial charge in [0.25, 0.3) is 0 Å². The zero-order chi connectivity index (χ0) is 10.8. The molecular weight excluding hydrogens is 180 g/mol. The fourth-order valence-corrected chi connectivity index (χ4v) is 1.15. The smallest absolute Gasteiger partial charge is 0.313 e.